The number of carbonyl (C=O) groups is 1. The third-order valence-electron chi connectivity index (χ3n) is 2.89. The summed E-state index contributed by atoms with van der Waals surface area (Å²) in [6, 6.07) is 0. The predicted molar refractivity (Wildman–Crippen MR) is 74.3 cm³/mol. The van der Waals surface area contributed by atoms with Crippen LogP contribution in [0.15, 0.2) is 0 Å². The van der Waals surface area contributed by atoms with Gasteiger partial charge in [0, 0.05) is 19.6 Å². The molecule has 1 rings (SSSR count). The van der Waals surface area contributed by atoms with Gasteiger partial charge >= 0.3 is 0 Å². The Hall–Kier alpha value is -0.690. The van der Waals surface area contributed by atoms with E-state index in [0.29, 0.717) is 52.6 Å². The molecule has 0 radical (unpaired) electrons. The summed E-state index contributed by atoms with van der Waals surface area (Å²) in [6.07, 6.45) is 3.73. The van der Waals surface area contributed by atoms with Crippen molar-refractivity contribution in [1.29, 1.82) is 0 Å². The number of unbranched alkanes of at least 4 members (excludes halogenated alkanes) is 1. The Morgan fingerprint density at radius 2 is 1.55 bits per heavy atom. The highest BCUT2D eigenvalue weighted by molar-refractivity contribution is 5.76. The van der Waals surface area contributed by atoms with Gasteiger partial charge in [0.05, 0.1) is 39.6 Å². The Bertz CT molecular complexity index is 250. The molecule has 6 nitrogen and oxygen atoms in total. The summed E-state index contributed by atoms with van der Waals surface area (Å²) in [5.41, 5.74) is 0. The lowest BCUT2D eigenvalue weighted by atomic mass is 10.4. The second-order valence-corrected chi connectivity index (χ2v) is 4.62. The van der Waals surface area contributed by atoms with Gasteiger partial charge in [-0.2, -0.15) is 0 Å². The predicted octanol–water partition coefficient (Wildman–Crippen LogP) is 1.39. The molecule has 1 fully saturated rings. The molecule has 1 saturated heterocycles. The SMILES string of the molecule is CCCCOCCOCCOCCON1CCCC1=O. The first kappa shape index (κ1) is 17.4. The number of nitrogens with zero attached hydrogens (tertiary/aromatic N) is 1. The van der Waals surface area contributed by atoms with Crippen LogP contribution in [0.2, 0.25) is 0 Å². The summed E-state index contributed by atoms with van der Waals surface area (Å²) in [5, 5.41) is 1.42. The lowest BCUT2D eigenvalue weighted by Crippen LogP contribution is -2.26. The smallest absolute Gasteiger partial charge is 0.246 e. The fraction of sp³-hybridized carbons (Fsp3) is 0.929. The monoisotopic (exact) mass is 289 g/mol. The molecule has 1 aliphatic heterocycles. The number of hydrogen-bond acceptors (Lipinski definition) is 5. The maximum absolute atomic E-state index is 11.2. The number of ether oxygens (including phenoxy) is 3. The summed E-state index contributed by atoms with van der Waals surface area (Å²) in [4.78, 5) is 16.5. The Morgan fingerprint density at radius 3 is 2.10 bits per heavy atom. The van der Waals surface area contributed by atoms with Gasteiger partial charge < -0.3 is 14.2 Å². The first-order valence-corrected chi connectivity index (χ1v) is 7.51. The van der Waals surface area contributed by atoms with Gasteiger partial charge in [0.1, 0.15) is 0 Å². The van der Waals surface area contributed by atoms with Crippen LogP contribution < -0.4 is 0 Å². The maximum Gasteiger partial charge on any atom is 0.246 e. The lowest BCUT2D eigenvalue weighted by molar-refractivity contribution is -0.182. The molecule has 0 atom stereocenters. The zero-order chi connectivity index (χ0) is 14.5. The molecule has 0 aromatic heterocycles. The molecule has 0 aromatic rings. The molecule has 0 N–H and O–H groups in total. The van der Waals surface area contributed by atoms with Gasteiger partial charge in [-0.15, -0.1) is 0 Å². The summed E-state index contributed by atoms with van der Waals surface area (Å²) in [5.74, 6) is 0.0661. The van der Waals surface area contributed by atoms with Crippen LogP contribution >= 0.6 is 0 Å². The van der Waals surface area contributed by atoms with Crippen molar-refractivity contribution >= 4 is 5.91 Å². The van der Waals surface area contributed by atoms with Gasteiger partial charge in [-0.05, 0) is 12.8 Å². The standard InChI is InChI=1S/C14H27NO5/c1-2-3-7-17-8-9-18-10-11-19-12-13-20-15-6-4-5-14(15)16/h2-13H2,1H3. The number of hydroxylamine groups is 2. The summed E-state index contributed by atoms with van der Waals surface area (Å²) >= 11 is 0. The van der Waals surface area contributed by atoms with Crippen molar-refractivity contribution in [2.24, 2.45) is 0 Å². The maximum atomic E-state index is 11.2. The molecule has 1 amide bonds. The highest BCUT2D eigenvalue weighted by Gasteiger charge is 2.20. The molecule has 118 valence electrons. The van der Waals surface area contributed by atoms with Crippen LogP contribution in [0.4, 0.5) is 0 Å². The summed E-state index contributed by atoms with van der Waals surface area (Å²) < 4.78 is 16.1. The van der Waals surface area contributed by atoms with E-state index in [0.717, 1.165) is 25.9 Å². The molecule has 1 aliphatic rings. The first-order valence-electron chi connectivity index (χ1n) is 7.51. The normalized spacial score (nSPS) is 15.2. The van der Waals surface area contributed by atoms with Crippen LogP contribution in [-0.2, 0) is 23.8 Å². The first-order chi connectivity index (χ1) is 9.84. The highest BCUT2D eigenvalue weighted by Crippen LogP contribution is 2.09. The Kier molecular flexibility index (Phi) is 10.5. The quantitative estimate of drug-likeness (QED) is 0.480. The van der Waals surface area contributed by atoms with Crippen molar-refractivity contribution in [2.45, 2.75) is 32.6 Å². The van der Waals surface area contributed by atoms with Crippen LogP contribution in [0, 0.1) is 0 Å². The van der Waals surface area contributed by atoms with E-state index < -0.39 is 0 Å². The minimum Gasteiger partial charge on any atom is -0.379 e. The minimum absolute atomic E-state index is 0.0661. The largest absolute Gasteiger partial charge is 0.379 e. The second kappa shape index (κ2) is 12.1. The fourth-order valence-corrected chi connectivity index (χ4v) is 1.75. The van der Waals surface area contributed by atoms with Gasteiger partial charge in [-0.3, -0.25) is 9.63 Å². The van der Waals surface area contributed by atoms with Crippen LogP contribution in [0.1, 0.15) is 32.6 Å². The number of carbonyl (C=O) groups excluding carboxylic acids is 1. The Labute approximate surface area is 121 Å². The van der Waals surface area contributed by atoms with Crippen molar-refractivity contribution in [2.75, 3.05) is 52.8 Å². The van der Waals surface area contributed by atoms with E-state index in [9.17, 15) is 4.79 Å². The van der Waals surface area contributed by atoms with Crippen molar-refractivity contribution in [3.05, 3.63) is 0 Å². The Morgan fingerprint density at radius 1 is 0.950 bits per heavy atom. The van der Waals surface area contributed by atoms with E-state index in [1.54, 1.807) is 0 Å². The van der Waals surface area contributed by atoms with Gasteiger partial charge in [0.25, 0.3) is 0 Å². The number of hydrogen-bond donors (Lipinski definition) is 0. The number of amides is 1. The third kappa shape index (κ3) is 8.47. The molecule has 20 heavy (non-hydrogen) atoms. The molecule has 6 heteroatoms. The van der Waals surface area contributed by atoms with E-state index in [-0.39, 0.29) is 5.91 Å². The highest BCUT2D eigenvalue weighted by atomic mass is 16.7. The lowest BCUT2D eigenvalue weighted by Gasteiger charge is -2.14. The van der Waals surface area contributed by atoms with Gasteiger partial charge in [0.2, 0.25) is 5.91 Å². The minimum atomic E-state index is 0.0661. The van der Waals surface area contributed by atoms with Crippen molar-refractivity contribution in [1.82, 2.24) is 5.06 Å². The van der Waals surface area contributed by atoms with Crippen LogP contribution in [0.5, 0.6) is 0 Å². The van der Waals surface area contributed by atoms with Crippen LogP contribution in [0.3, 0.4) is 0 Å². The van der Waals surface area contributed by atoms with Crippen molar-refractivity contribution in [3.63, 3.8) is 0 Å². The molecule has 0 aliphatic carbocycles. The molecule has 0 bridgehead atoms. The van der Waals surface area contributed by atoms with E-state index in [1.165, 1.54) is 5.06 Å². The van der Waals surface area contributed by atoms with Gasteiger partial charge in [-0.25, -0.2) is 5.06 Å². The van der Waals surface area contributed by atoms with E-state index >= 15 is 0 Å². The zero-order valence-electron chi connectivity index (χ0n) is 12.5. The second-order valence-electron chi connectivity index (χ2n) is 4.62. The van der Waals surface area contributed by atoms with Crippen molar-refractivity contribution < 1.29 is 23.8 Å². The molecule has 0 aromatic carbocycles. The topological polar surface area (TPSA) is 57.2 Å². The molecule has 0 unspecified atom stereocenters. The molecular weight excluding hydrogens is 262 g/mol. The summed E-state index contributed by atoms with van der Waals surface area (Å²) in [6.45, 7) is 6.85. The van der Waals surface area contributed by atoms with E-state index in [4.69, 9.17) is 19.0 Å². The Balaban J connectivity index is 1.73. The molecule has 1 heterocycles. The van der Waals surface area contributed by atoms with Gasteiger partial charge in [0.15, 0.2) is 0 Å². The number of rotatable bonds is 13. The fourth-order valence-electron chi connectivity index (χ4n) is 1.75. The summed E-state index contributed by atoms with van der Waals surface area (Å²) in [7, 11) is 0. The average Bonchev–Trinajstić information content (AvgIpc) is 2.85. The van der Waals surface area contributed by atoms with Gasteiger partial charge in [-0.1, -0.05) is 13.3 Å². The molecule has 0 saturated carbocycles. The van der Waals surface area contributed by atoms with Crippen molar-refractivity contribution in [3.8, 4) is 0 Å². The van der Waals surface area contributed by atoms with Crippen LogP contribution in [-0.4, -0.2) is 63.8 Å². The van der Waals surface area contributed by atoms with E-state index in [1.807, 2.05) is 0 Å². The van der Waals surface area contributed by atoms with Crippen LogP contribution in [0.25, 0.3) is 0 Å². The zero-order valence-corrected chi connectivity index (χ0v) is 12.5. The molecule has 0 spiro atoms. The molecular formula is C14H27NO5. The van der Waals surface area contributed by atoms with E-state index in [2.05, 4.69) is 6.92 Å². The average molecular weight is 289 g/mol. The third-order valence-corrected chi connectivity index (χ3v) is 2.89.